The normalized spacial score (nSPS) is 10.3. The van der Waals surface area contributed by atoms with Crippen LogP contribution in [0.1, 0.15) is 15.2 Å². The summed E-state index contributed by atoms with van der Waals surface area (Å²) in [5, 5.41) is 10.5. The number of carboxylic acid groups (broad SMARTS) is 1. The molecule has 18 heavy (non-hydrogen) atoms. The Bertz CT molecular complexity index is 544. The van der Waals surface area contributed by atoms with Crippen molar-refractivity contribution in [2.24, 2.45) is 0 Å². The van der Waals surface area contributed by atoms with Crippen LogP contribution in [0.15, 0.2) is 29.6 Å². The van der Waals surface area contributed by atoms with Crippen LogP contribution in [0.3, 0.4) is 0 Å². The molecule has 0 amide bonds. The molecule has 2 rings (SSSR count). The Morgan fingerprint density at radius 1 is 1.33 bits per heavy atom. The molecular formula is C12H8F2O3S. The molecule has 0 fully saturated rings. The Morgan fingerprint density at radius 2 is 2.00 bits per heavy atom. The average molecular weight is 270 g/mol. The van der Waals surface area contributed by atoms with Gasteiger partial charge < -0.3 is 9.84 Å². The summed E-state index contributed by atoms with van der Waals surface area (Å²) in [5.74, 6) is -4.00. The molecule has 0 radical (unpaired) electrons. The maximum atomic E-state index is 13.5. The summed E-state index contributed by atoms with van der Waals surface area (Å²) < 4.78 is 32.0. The lowest BCUT2D eigenvalue weighted by molar-refractivity contribution is 0.0695. The van der Waals surface area contributed by atoms with E-state index in [-0.39, 0.29) is 6.61 Å². The minimum Gasteiger partial charge on any atom is -0.482 e. The first-order chi connectivity index (χ1) is 8.58. The highest BCUT2D eigenvalue weighted by Crippen LogP contribution is 2.25. The minimum absolute atomic E-state index is 0.0396. The fraction of sp³-hybridized carbons (Fsp3) is 0.0833. The molecule has 6 heteroatoms. The Hall–Kier alpha value is -1.95. The number of rotatable bonds is 4. The zero-order valence-electron chi connectivity index (χ0n) is 9.02. The van der Waals surface area contributed by atoms with Crippen molar-refractivity contribution in [3.05, 3.63) is 51.7 Å². The van der Waals surface area contributed by atoms with E-state index in [9.17, 15) is 13.6 Å². The molecule has 1 aromatic heterocycles. The van der Waals surface area contributed by atoms with E-state index in [0.29, 0.717) is 0 Å². The van der Waals surface area contributed by atoms with Crippen molar-refractivity contribution in [1.29, 1.82) is 0 Å². The van der Waals surface area contributed by atoms with E-state index in [2.05, 4.69) is 0 Å². The summed E-state index contributed by atoms with van der Waals surface area (Å²) in [7, 11) is 0. The maximum Gasteiger partial charge on any atom is 0.335 e. The van der Waals surface area contributed by atoms with Gasteiger partial charge in [-0.2, -0.15) is 0 Å². The second-order valence-corrected chi connectivity index (χ2v) is 4.47. The third-order valence-electron chi connectivity index (χ3n) is 2.18. The number of halogens is 2. The van der Waals surface area contributed by atoms with E-state index >= 15 is 0 Å². The molecule has 2 aromatic rings. The van der Waals surface area contributed by atoms with Crippen molar-refractivity contribution in [2.75, 3.05) is 0 Å². The molecule has 0 aliphatic rings. The van der Waals surface area contributed by atoms with Crippen molar-refractivity contribution in [3.63, 3.8) is 0 Å². The monoisotopic (exact) mass is 270 g/mol. The van der Waals surface area contributed by atoms with Crippen molar-refractivity contribution >= 4 is 17.3 Å². The summed E-state index contributed by atoms with van der Waals surface area (Å²) in [5.41, 5.74) is -0.450. The predicted molar refractivity (Wildman–Crippen MR) is 62.0 cm³/mol. The van der Waals surface area contributed by atoms with Gasteiger partial charge in [0.25, 0.3) is 0 Å². The highest BCUT2D eigenvalue weighted by atomic mass is 32.1. The number of hydrogen-bond donors (Lipinski definition) is 1. The average Bonchev–Trinajstić information content (AvgIpc) is 2.80. The molecule has 3 nitrogen and oxygen atoms in total. The molecule has 1 heterocycles. The van der Waals surface area contributed by atoms with Crippen LogP contribution in [0.4, 0.5) is 8.78 Å². The van der Waals surface area contributed by atoms with Crippen molar-refractivity contribution < 1.29 is 23.4 Å². The third kappa shape index (κ3) is 2.65. The highest BCUT2D eigenvalue weighted by molar-refractivity contribution is 7.09. The lowest BCUT2D eigenvalue weighted by atomic mass is 10.2. The van der Waals surface area contributed by atoms with Crippen LogP contribution in [-0.2, 0) is 6.61 Å². The number of thiophene rings is 1. The van der Waals surface area contributed by atoms with Crippen LogP contribution >= 0.6 is 11.3 Å². The standard InChI is InChI=1S/C12H8F2O3S/c13-9-4-7(12(15)16)5-10(14)11(9)17-6-8-2-1-3-18-8/h1-5H,6H2,(H,15,16). The zero-order valence-corrected chi connectivity index (χ0v) is 9.84. The van der Waals surface area contributed by atoms with Gasteiger partial charge in [0.05, 0.1) is 5.56 Å². The lowest BCUT2D eigenvalue weighted by Gasteiger charge is -2.08. The molecule has 0 saturated carbocycles. The maximum absolute atomic E-state index is 13.5. The SMILES string of the molecule is O=C(O)c1cc(F)c(OCc2cccs2)c(F)c1. The summed E-state index contributed by atoms with van der Waals surface area (Å²) in [4.78, 5) is 11.4. The van der Waals surface area contributed by atoms with Gasteiger partial charge in [-0.15, -0.1) is 11.3 Å². The number of aromatic carboxylic acids is 1. The van der Waals surface area contributed by atoms with Crippen LogP contribution < -0.4 is 4.74 Å². The van der Waals surface area contributed by atoms with Gasteiger partial charge >= 0.3 is 5.97 Å². The summed E-state index contributed by atoms with van der Waals surface area (Å²) in [6.45, 7) is 0.0396. The quantitative estimate of drug-likeness (QED) is 0.927. The fourth-order valence-corrected chi connectivity index (χ4v) is 1.98. The fourth-order valence-electron chi connectivity index (χ4n) is 1.36. The van der Waals surface area contributed by atoms with Gasteiger partial charge in [0.2, 0.25) is 0 Å². The smallest absolute Gasteiger partial charge is 0.335 e. The summed E-state index contributed by atoms with van der Waals surface area (Å²) in [6, 6.07) is 5.03. The molecule has 0 saturated heterocycles. The van der Waals surface area contributed by atoms with E-state index in [0.717, 1.165) is 17.0 Å². The molecule has 0 atom stereocenters. The number of ether oxygens (including phenoxy) is 1. The van der Waals surface area contributed by atoms with Crippen LogP contribution in [0.2, 0.25) is 0 Å². The highest BCUT2D eigenvalue weighted by Gasteiger charge is 2.16. The molecule has 0 aliphatic carbocycles. The van der Waals surface area contributed by atoms with Gasteiger partial charge in [0.1, 0.15) is 6.61 Å². The van der Waals surface area contributed by atoms with Crippen LogP contribution in [0, 0.1) is 11.6 Å². The van der Waals surface area contributed by atoms with Gasteiger partial charge in [-0.3, -0.25) is 0 Å². The predicted octanol–water partition coefficient (Wildman–Crippen LogP) is 3.30. The largest absolute Gasteiger partial charge is 0.482 e. The second kappa shape index (κ2) is 5.14. The third-order valence-corrected chi connectivity index (χ3v) is 3.03. The number of benzene rings is 1. The van der Waals surface area contributed by atoms with E-state index in [1.807, 2.05) is 5.38 Å². The molecule has 1 aromatic carbocycles. The Labute approximate surface area is 105 Å². The Kier molecular flexibility index (Phi) is 3.57. The molecular weight excluding hydrogens is 262 g/mol. The van der Waals surface area contributed by atoms with Crippen LogP contribution in [-0.4, -0.2) is 11.1 Å². The van der Waals surface area contributed by atoms with Crippen molar-refractivity contribution in [1.82, 2.24) is 0 Å². The Morgan fingerprint density at radius 3 is 2.50 bits per heavy atom. The van der Waals surface area contributed by atoms with Gasteiger partial charge in [0.15, 0.2) is 17.4 Å². The molecule has 1 N–H and O–H groups in total. The molecule has 0 bridgehead atoms. The zero-order chi connectivity index (χ0) is 13.1. The van der Waals surface area contributed by atoms with E-state index < -0.39 is 28.9 Å². The second-order valence-electron chi connectivity index (χ2n) is 3.44. The molecule has 0 spiro atoms. The van der Waals surface area contributed by atoms with Crippen LogP contribution in [0.25, 0.3) is 0 Å². The first-order valence-corrected chi connectivity index (χ1v) is 5.83. The van der Waals surface area contributed by atoms with Gasteiger partial charge in [-0.1, -0.05) is 6.07 Å². The van der Waals surface area contributed by atoms with Gasteiger partial charge in [0, 0.05) is 4.88 Å². The Balaban J connectivity index is 2.20. The van der Waals surface area contributed by atoms with Crippen LogP contribution in [0.5, 0.6) is 5.75 Å². The minimum atomic E-state index is -1.39. The van der Waals surface area contributed by atoms with E-state index in [4.69, 9.17) is 9.84 Å². The molecule has 94 valence electrons. The number of carbonyl (C=O) groups is 1. The summed E-state index contributed by atoms with van der Waals surface area (Å²) in [6.07, 6.45) is 0. The molecule has 0 aliphatic heterocycles. The van der Waals surface area contributed by atoms with Crippen molar-refractivity contribution in [2.45, 2.75) is 6.61 Å². The van der Waals surface area contributed by atoms with Crippen molar-refractivity contribution in [3.8, 4) is 5.75 Å². The lowest BCUT2D eigenvalue weighted by Crippen LogP contribution is -2.03. The first-order valence-electron chi connectivity index (χ1n) is 4.95. The van der Waals surface area contributed by atoms with E-state index in [1.165, 1.54) is 11.3 Å². The van der Waals surface area contributed by atoms with Gasteiger partial charge in [-0.25, -0.2) is 13.6 Å². The first kappa shape index (κ1) is 12.5. The molecule has 0 unspecified atom stereocenters. The number of carboxylic acids is 1. The van der Waals surface area contributed by atoms with E-state index in [1.54, 1.807) is 12.1 Å². The summed E-state index contributed by atoms with van der Waals surface area (Å²) >= 11 is 1.40. The number of hydrogen-bond acceptors (Lipinski definition) is 3. The van der Waals surface area contributed by atoms with Gasteiger partial charge in [-0.05, 0) is 23.6 Å². The topological polar surface area (TPSA) is 46.5 Å².